The van der Waals surface area contributed by atoms with Gasteiger partial charge in [-0.1, -0.05) is 55.0 Å². The average molecular weight is 363 g/mol. The lowest BCUT2D eigenvalue weighted by Gasteiger charge is -2.59. The van der Waals surface area contributed by atoms with Gasteiger partial charge in [-0.3, -0.25) is 4.90 Å². The molecule has 1 heterocycles. The van der Waals surface area contributed by atoms with Gasteiger partial charge in [0.05, 0.1) is 0 Å². The van der Waals surface area contributed by atoms with Crippen molar-refractivity contribution < 1.29 is 19.4 Å². The second-order valence-corrected chi connectivity index (χ2v) is 7.89. The van der Waals surface area contributed by atoms with E-state index in [4.69, 9.17) is 4.74 Å². The smallest absolute Gasteiger partial charge is 0.410 e. The first kappa shape index (κ1) is 16.4. The summed E-state index contributed by atoms with van der Waals surface area (Å²) in [6.45, 7) is 0.726. The molecule has 0 aromatic heterocycles. The number of nitrogens with zero attached hydrogens (tertiary/aromatic N) is 1. The van der Waals surface area contributed by atoms with E-state index in [-0.39, 0.29) is 17.9 Å². The van der Waals surface area contributed by atoms with Crippen molar-refractivity contribution in [1.29, 1.82) is 0 Å². The van der Waals surface area contributed by atoms with E-state index >= 15 is 0 Å². The van der Waals surface area contributed by atoms with Crippen molar-refractivity contribution in [2.75, 3.05) is 13.2 Å². The van der Waals surface area contributed by atoms with Crippen LogP contribution >= 0.6 is 0 Å². The SMILES string of the molecule is O=C(O)[C@@H]1N(C(=O)OCC2c3ccccc3-c3ccccc32)CC12CCC2. The highest BCUT2D eigenvalue weighted by molar-refractivity contribution is 5.84. The van der Waals surface area contributed by atoms with Crippen LogP contribution in [0.25, 0.3) is 11.1 Å². The number of amides is 1. The topological polar surface area (TPSA) is 66.8 Å². The molecule has 2 aromatic carbocycles. The number of carboxylic acids is 1. The van der Waals surface area contributed by atoms with E-state index in [1.807, 2.05) is 24.3 Å². The second kappa shape index (κ2) is 5.84. The van der Waals surface area contributed by atoms with Crippen LogP contribution in [0.1, 0.15) is 36.3 Å². The molecular formula is C22H21NO4. The van der Waals surface area contributed by atoms with Crippen molar-refractivity contribution in [3.63, 3.8) is 0 Å². The summed E-state index contributed by atoms with van der Waals surface area (Å²) in [6.07, 6.45) is 2.30. The number of ether oxygens (including phenoxy) is 1. The Hall–Kier alpha value is -2.82. The fourth-order valence-electron chi connectivity index (χ4n) is 5.04. The Morgan fingerprint density at radius 1 is 1.04 bits per heavy atom. The van der Waals surface area contributed by atoms with Crippen LogP contribution in [-0.4, -0.2) is 41.3 Å². The maximum atomic E-state index is 12.6. The number of hydrogen-bond donors (Lipinski definition) is 1. The third kappa shape index (κ3) is 2.30. The Kier molecular flexibility index (Phi) is 3.54. The summed E-state index contributed by atoms with van der Waals surface area (Å²) in [6, 6.07) is 15.6. The number of benzene rings is 2. The van der Waals surface area contributed by atoms with E-state index < -0.39 is 18.1 Å². The predicted molar refractivity (Wildman–Crippen MR) is 99.5 cm³/mol. The van der Waals surface area contributed by atoms with Gasteiger partial charge in [0.1, 0.15) is 12.6 Å². The summed E-state index contributed by atoms with van der Waals surface area (Å²) >= 11 is 0. The zero-order valence-electron chi connectivity index (χ0n) is 14.9. The molecular weight excluding hydrogens is 342 g/mol. The number of likely N-dealkylation sites (tertiary alicyclic amines) is 1. The van der Waals surface area contributed by atoms with Crippen molar-refractivity contribution >= 4 is 12.1 Å². The molecule has 1 atom stereocenters. The van der Waals surface area contributed by atoms with Gasteiger partial charge in [-0.05, 0) is 35.1 Å². The van der Waals surface area contributed by atoms with Crippen LogP contribution in [0.5, 0.6) is 0 Å². The van der Waals surface area contributed by atoms with Gasteiger partial charge in [0.25, 0.3) is 0 Å². The van der Waals surface area contributed by atoms with Crippen LogP contribution in [0.15, 0.2) is 48.5 Å². The largest absolute Gasteiger partial charge is 0.480 e. The Bertz CT molecular complexity index is 888. The van der Waals surface area contributed by atoms with E-state index in [2.05, 4.69) is 24.3 Å². The lowest BCUT2D eigenvalue weighted by molar-refractivity contribution is -0.172. The maximum Gasteiger partial charge on any atom is 0.410 e. The molecule has 3 aliphatic rings. The minimum atomic E-state index is -0.922. The number of carboxylic acid groups (broad SMARTS) is 1. The first-order valence-electron chi connectivity index (χ1n) is 9.45. The molecule has 2 aromatic rings. The molecule has 1 spiro atoms. The van der Waals surface area contributed by atoms with Gasteiger partial charge in [-0.2, -0.15) is 0 Å². The van der Waals surface area contributed by atoms with Crippen LogP contribution in [0.4, 0.5) is 4.79 Å². The van der Waals surface area contributed by atoms with E-state index in [1.54, 1.807) is 0 Å². The van der Waals surface area contributed by atoms with Gasteiger partial charge in [0.2, 0.25) is 0 Å². The van der Waals surface area contributed by atoms with Crippen LogP contribution in [0.3, 0.4) is 0 Å². The summed E-state index contributed by atoms with van der Waals surface area (Å²) in [5.74, 6) is -0.932. The summed E-state index contributed by atoms with van der Waals surface area (Å²) in [7, 11) is 0. The quantitative estimate of drug-likeness (QED) is 0.899. The van der Waals surface area contributed by atoms with Gasteiger partial charge in [-0.25, -0.2) is 9.59 Å². The first-order chi connectivity index (χ1) is 13.1. The molecule has 2 aliphatic carbocycles. The van der Waals surface area contributed by atoms with E-state index in [0.717, 1.165) is 30.4 Å². The van der Waals surface area contributed by atoms with Crippen molar-refractivity contribution in [2.45, 2.75) is 31.2 Å². The van der Waals surface area contributed by atoms with Gasteiger partial charge >= 0.3 is 12.1 Å². The highest BCUT2D eigenvalue weighted by Crippen LogP contribution is 2.53. The molecule has 5 nitrogen and oxygen atoms in total. The Balaban J connectivity index is 1.33. The minimum absolute atomic E-state index is 0.0106. The first-order valence-corrected chi connectivity index (χ1v) is 9.45. The molecule has 0 bridgehead atoms. The summed E-state index contributed by atoms with van der Waals surface area (Å²) < 4.78 is 5.61. The third-order valence-corrected chi connectivity index (χ3v) is 6.53. The highest BCUT2D eigenvalue weighted by atomic mass is 16.6. The second-order valence-electron chi connectivity index (χ2n) is 7.89. The highest BCUT2D eigenvalue weighted by Gasteiger charge is 2.61. The van der Waals surface area contributed by atoms with Gasteiger partial charge in [0.15, 0.2) is 0 Å². The van der Waals surface area contributed by atoms with Crippen molar-refractivity contribution in [3.05, 3.63) is 59.7 Å². The zero-order chi connectivity index (χ0) is 18.6. The van der Waals surface area contributed by atoms with Gasteiger partial charge in [0, 0.05) is 17.9 Å². The molecule has 2 fully saturated rings. The van der Waals surface area contributed by atoms with Gasteiger partial charge in [-0.15, -0.1) is 0 Å². The van der Waals surface area contributed by atoms with Crippen LogP contribution < -0.4 is 0 Å². The Labute approximate surface area is 157 Å². The molecule has 1 aliphatic heterocycles. The van der Waals surface area contributed by atoms with Crippen molar-refractivity contribution in [3.8, 4) is 11.1 Å². The van der Waals surface area contributed by atoms with Crippen molar-refractivity contribution in [1.82, 2.24) is 4.90 Å². The molecule has 0 radical (unpaired) electrons. The standard InChI is InChI=1S/C22H21NO4/c24-20(25)19-22(10-5-11-22)13-23(19)21(26)27-12-18-16-8-3-1-6-14(16)15-7-2-4-9-17(15)18/h1-4,6-9,18-19H,5,10-13H2,(H,24,25)/t19-/m0/s1. The number of rotatable bonds is 3. The number of carbonyl (C=O) groups excluding carboxylic acids is 1. The molecule has 0 unspecified atom stereocenters. The normalized spacial score (nSPS) is 21.8. The molecule has 27 heavy (non-hydrogen) atoms. The van der Waals surface area contributed by atoms with Crippen LogP contribution in [-0.2, 0) is 9.53 Å². The molecule has 138 valence electrons. The summed E-state index contributed by atoms with van der Waals surface area (Å²) in [4.78, 5) is 25.6. The lowest BCUT2D eigenvalue weighted by Crippen LogP contribution is -2.71. The van der Waals surface area contributed by atoms with Crippen LogP contribution in [0.2, 0.25) is 0 Å². The van der Waals surface area contributed by atoms with E-state index in [9.17, 15) is 14.7 Å². The molecule has 5 rings (SSSR count). The predicted octanol–water partition coefficient (Wildman–Crippen LogP) is 3.87. The monoisotopic (exact) mass is 363 g/mol. The fraction of sp³-hybridized carbons (Fsp3) is 0.364. The molecule has 1 saturated heterocycles. The Morgan fingerprint density at radius 3 is 2.15 bits per heavy atom. The van der Waals surface area contributed by atoms with E-state index in [1.165, 1.54) is 16.0 Å². The Morgan fingerprint density at radius 2 is 1.63 bits per heavy atom. The molecule has 5 heteroatoms. The third-order valence-electron chi connectivity index (χ3n) is 6.53. The molecule has 1 N–H and O–H groups in total. The number of carbonyl (C=O) groups is 2. The average Bonchev–Trinajstić information content (AvgIpc) is 2.91. The zero-order valence-corrected chi connectivity index (χ0v) is 14.9. The van der Waals surface area contributed by atoms with Crippen molar-refractivity contribution in [2.24, 2.45) is 5.41 Å². The van der Waals surface area contributed by atoms with Crippen LogP contribution in [0, 0.1) is 5.41 Å². The molecule has 1 saturated carbocycles. The summed E-state index contributed by atoms with van der Waals surface area (Å²) in [5, 5.41) is 9.54. The lowest BCUT2D eigenvalue weighted by atomic mass is 9.58. The minimum Gasteiger partial charge on any atom is -0.480 e. The molecule has 1 amide bonds. The summed E-state index contributed by atoms with van der Waals surface area (Å²) in [5.41, 5.74) is 4.45. The number of aliphatic carboxylic acids is 1. The number of fused-ring (bicyclic) bond motifs is 3. The van der Waals surface area contributed by atoms with E-state index in [0.29, 0.717) is 6.54 Å². The fourth-order valence-corrected chi connectivity index (χ4v) is 5.04. The van der Waals surface area contributed by atoms with Gasteiger partial charge < -0.3 is 9.84 Å². The maximum absolute atomic E-state index is 12.6. The number of hydrogen-bond acceptors (Lipinski definition) is 3.